The summed E-state index contributed by atoms with van der Waals surface area (Å²) >= 11 is 0. The molecule has 2 fully saturated rings. The Morgan fingerprint density at radius 1 is 1.20 bits per heavy atom. The lowest BCUT2D eigenvalue weighted by molar-refractivity contribution is -0.140. The third kappa shape index (κ3) is 2.96. The standard InChI is InChI=1S/C11H20N2O6S/c1-7-4-12(5-8(2)19-7)20(17,18)13-6-9(14)3-10(13)11(15)16/h7-10,14H,3-6H2,1-2H3,(H,15,16). The van der Waals surface area contributed by atoms with Gasteiger partial charge in [-0.15, -0.1) is 0 Å². The van der Waals surface area contributed by atoms with E-state index in [9.17, 15) is 18.3 Å². The quantitative estimate of drug-likeness (QED) is 0.682. The van der Waals surface area contributed by atoms with E-state index in [1.807, 2.05) is 0 Å². The molecule has 0 saturated carbocycles. The Hall–Kier alpha value is -0.740. The summed E-state index contributed by atoms with van der Waals surface area (Å²) < 4.78 is 32.7. The number of rotatable bonds is 3. The summed E-state index contributed by atoms with van der Waals surface area (Å²) in [6, 6.07) is -1.21. The lowest BCUT2D eigenvalue weighted by Crippen LogP contribution is -2.55. The Morgan fingerprint density at radius 3 is 2.25 bits per heavy atom. The molecule has 9 heteroatoms. The maximum Gasteiger partial charge on any atom is 0.322 e. The third-order valence-electron chi connectivity index (χ3n) is 3.53. The van der Waals surface area contributed by atoms with Crippen molar-refractivity contribution in [1.82, 2.24) is 8.61 Å². The molecule has 2 aliphatic heterocycles. The Morgan fingerprint density at radius 2 is 1.75 bits per heavy atom. The van der Waals surface area contributed by atoms with Gasteiger partial charge in [-0.05, 0) is 13.8 Å². The first-order chi connectivity index (χ1) is 9.21. The number of morpholine rings is 1. The van der Waals surface area contributed by atoms with Crippen LogP contribution >= 0.6 is 0 Å². The minimum absolute atomic E-state index is 0.0794. The van der Waals surface area contributed by atoms with E-state index in [0.29, 0.717) is 0 Å². The zero-order valence-corrected chi connectivity index (χ0v) is 12.3. The number of carbonyl (C=O) groups is 1. The van der Waals surface area contributed by atoms with Gasteiger partial charge in [-0.1, -0.05) is 0 Å². The summed E-state index contributed by atoms with van der Waals surface area (Å²) in [4.78, 5) is 11.2. The highest BCUT2D eigenvalue weighted by molar-refractivity contribution is 7.86. The Kier molecular flexibility index (Phi) is 4.35. The molecule has 0 amide bonds. The number of aliphatic carboxylic acids is 1. The maximum absolute atomic E-state index is 12.6. The van der Waals surface area contributed by atoms with Gasteiger partial charge >= 0.3 is 5.97 Å². The molecule has 0 spiro atoms. The van der Waals surface area contributed by atoms with Crippen LogP contribution in [0.5, 0.6) is 0 Å². The molecular weight excluding hydrogens is 288 g/mol. The van der Waals surface area contributed by atoms with Gasteiger partial charge in [0.05, 0.1) is 18.3 Å². The second-order valence-electron chi connectivity index (χ2n) is 5.40. The largest absolute Gasteiger partial charge is 0.480 e. The highest BCUT2D eigenvalue weighted by Gasteiger charge is 2.46. The fourth-order valence-corrected chi connectivity index (χ4v) is 4.68. The minimum Gasteiger partial charge on any atom is -0.480 e. The van der Waals surface area contributed by atoms with Crippen LogP contribution in [0.4, 0.5) is 0 Å². The molecule has 0 aliphatic carbocycles. The van der Waals surface area contributed by atoms with Crippen LogP contribution < -0.4 is 0 Å². The molecule has 2 N–H and O–H groups in total. The molecule has 8 nitrogen and oxygen atoms in total. The molecule has 0 radical (unpaired) electrons. The van der Waals surface area contributed by atoms with Crippen LogP contribution in [0.1, 0.15) is 20.3 Å². The second-order valence-corrected chi connectivity index (χ2v) is 7.28. The minimum atomic E-state index is -3.91. The number of ether oxygens (including phenoxy) is 1. The summed E-state index contributed by atoms with van der Waals surface area (Å²) in [5.74, 6) is -1.24. The molecule has 0 bridgehead atoms. The molecule has 2 aliphatic rings. The number of hydrogen-bond donors (Lipinski definition) is 2. The SMILES string of the molecule is CC1CN(S(=O)(=O)N2CC(O)CC2C(=O)O)CC(C)O1. The summed E-state index contributed by atoms with van der Waals surface area (Å²) in [6.07, 6.45) is -1.51. The molecular formula is C11H20N2O6S. The van der Waals surface area contributed by atoms with Gasteiger partial charge in [-0.25, -0.2) is 0 Å². The van der Waals surface area contributed by atoms with Crippen molar-refractivity contribution < 1.29 is 28.2 Å². The van der Waals surface area contributed by atoms with E-state index in [1.54, 1.807) is 13.8 Å². The van der Waals surface area contributed by atoms with E-state index in [1.165, 1.54) is 4.31 Å². The fourth-order valence-electron chi connectivity index (χ4n) is 2.73. The van der Waals surface area contributed by atoms with Crippen molar-refractivity contribution in [2.75, 3.05) is 19.6 Å². The van der Waals surface area contributed by atoms with Crippen molar-refractivity contribution in [2.45, 2.75) is 44.6 Å². The molecule has 0 aromatic rings. The molecule has 0 aromatic carbocycles. The maximum atomic E-state index is 12.6. The normalized spacial score (nSPS) is 37.1. The van der Waals surface area contributed by atoms with E-state index < -0.39 is 28.3 Å². The number of hydrogen-bond acceptors (Lipinski definition) is 5. The van der Waals surface area contributed by atoms with Crippen LogP contribution in [-0.2, 0) is 19.7 Å². The van der Waals surface area contributed by atoms with Gasteiger partial charge in [0, 0.05) is 26.1 Å². The lowest BCUT2D eigenvalue weighted by atomic mass is 10.2. The number of aliphatic hydroxyl groups is 1. The zero-order chi connectivity index (χ0) is 15.1. The van der Waals surface area contributed by atoms with E-state index in [2.05, 4.69) is 0 Å². The Balaban J connectivity index is 2.23. The van der Waals surface area contributed by atoms with Gasteiger partial charge in [0.2, 0.25) is 0 Å². The first-order valence-corrected chi connectivity index (χ1v) is 7.94. The Labute approximate surface area is 118 Å². The van der Waals surface area contributed by atoms with E-state index in [4.69, 9.17) is 9.84 Å². The monoisotopic (exact) mass is 308 g/mol. The molecule has 4 unspecified atom stereocenters. The van der Waals surface area contributed by atoms with Crippen molar-refractivity contribution in [3.63, 3.8) is 0 Å². The molecule has 116 valence electrons. The van der Waals surface area contributed by atoms with Crippen molar-refractivity contribution in [3.05, 3.63) is 0 Å². The van der Waals surface area contributed by atoms with E-state index >= 15 is 0 Å². The second kappa shape index (κ2) is 5.57. The fraction of sp³-hybridized carbons (Fsp3) is 0.909. The van der Waals surface area contributed by atoms with Gasteiger partial charge < -0.3 is 14.9 Å². The lowest BCUT2D eigenvalue weighted by Gasteiger charge is -2.37. The van der Waals surface area contributed by atoms with Crippen molar-refractivity contribution in [3.8, 4) is 0 Å². The number of carboxylic acid groups (broad SMARTS) is 1. The van der Waals surface area contributed by atoms with Crippen LogP contribution in [-0.4, -0.2) is 77.2 Å². The van der Waals surface area contributed by atoms with Crippen molar-refractivity contribution in [2.24, 2.45) is 0 Å². The van der Waals surface area contributed by atoms with Crippen LogP contribution in [0, 0.1) is 0 Å². The van der Waals surface area contributed by atoms with Crippen LogP contribution in [0.15, 0.2) is 0 Å². The van der Waals surface area contributed by atoms with E-state index in [-0.39, 0.29) is 38.3 Å². The summed E-state index contributed by atoms with van der Waals surface area (Å²) in [6.45, 7) is 3.73. The number of carboxylic acids is 1. The topological polar surface area (TPSA) is 107 Å². The molecule has 4 atom stereocenters. The van der Waals surface area contributed by atoms with E-state index in [0.717, 1.165) is 4.31 Å². The van der Waals surface area contributed by atoms with Gasteiger partial charge in [0.15, 0.2) is 0 Å². The predicted molar refractivity (Wildman–Crippen MR) is 69.3 cm³/mol. The average molecular weight is 308 g/mol. The van der Waals surface area contributed by atoms with Crippen molar-refractivity contribution in [1.29, 1.82) is 0 Å². The first kappa shape index (κ1) is 15.6. The molecule has 2 rings (SSSR count). The predicted octanol–water partition coefficient (Wildman–Crippen LogP) is -1.14. The van der Waals surface area contributed by atoms with Gasteiger partial charge in [-0.3, -0.25) is 4.79 Å². The van der Waals surface area contributed by atoms with Gasteiger partial charge in [-0.2, -0.15) is 17.0 Å². The molecule has 2 saturated heterocycles. The summed E-state index contributed by atoms with van der Waals surface area (Å²) in [5, 5.41) is 18.7. The van der Waals surface area contributed by atoms with Crippen molar-refractivity contribution >= 4 is 16.2 Å². The molecule has 2 heterocycles. The van der Waals surface area contributed by atoms with Crippen LogP contribution in [0.25, 0.3) is 0 Å². The average Bonchev–Trinajstić information content (AvgIpc) is 2.71. The third-order valence-corrected chi connectivity index (χ3v) is 5.47. The highest BCUT2D eigenvalue weighted by Crippen LogP contribution is 2.26. The number of nitrogens with zero attached hydrogens (tertiary/aromatic N) is 2. The Bertz CT molecular complexity index is 471. The van der Waals surface area contributed by atoms with Gasteiger partial charge in [0.1, 0.15) is 6.04 Å². The summed E-state index contributed by atoms with van der Waals surface area (Å²) in [7, 11) is -3.91. The smallest absolute Gasteiger partial charge is 0.322 e. The number of aliphatic hydroxyl groups excluding tert-OH is 1. The highest BCUT2D eigenvalue weighted by atomic mass is 32.2. The molecule has 20 heavy (non-hydrogen) atoms. The van der Waals surface area contributed by atoms with Crippen LogP contribution in [0.3, 0.4) is 0 Å². The number of β-amino-alcohol motifs (C(OH)–C–C–N with tert-alkyl or cyclic N) is 1. The summed E-state index contributed by atoms with van der Waals surface area (Å²) in [5.41, 5.74) is 0. The van der Waals surface area contributed by atoms with Crippen LogP contribution in [0.2, 0.25) is 0 Å². The zero-order valence-electron chi connectivity index (χ0n) is 11.5. The van der Waals surface area contributed by atoms with Gasteiger partial charge in [0.25, 0.3) is 10.2 Å². The molecule has 0 aromatic heterocycles. The first-order valence-electron chi connectivity index (χ1n) is 6.55.